The lowest BCUT2D eigenvalue weighted by molar-refractivity contribution is 1.21. The van der Waals surface area contributed by atoms with Gasteiger partial charge in [0, 0.05) is 10.1 Å². The number of fused-ring (bicyclic) bond motifs is 1. The van der Waals surface area contributed by atoms with Gasteiger partial charge in [-0.05, 0) is 18.4 Å². The zero-order valence-electron chi connectivity index (χ0n) is 10.2. The van der Waals surface area contributed by atoms with E-state index in [4.69, 9.17) is 11.5 Å². The Balaban J connectivity index is 2.65. The summed E-state index contributed by atoms with van der Waals surface area (Å²) in [6.45, 7) is 0. The van der Waals surface area contributed by atoms with Crippen molar-refractivity contribution in [3.8, 4) is 0 Å². The first-order valence-electron chi connectivity index (χ1n) is 5.35. The highest BCUT2D eigenvalue weighted by Crippen LogP contribution is 2.28. The molecule has 4 N–H and O–H groups in total. The number of guanidine groups is 1. The van der Waals surface area contributed by atoms with E-state index in [-0.39, 0.29) is 11.4 Å². The molecule has 1 aromatic carbocycles. The molecule has 1 heterocycles. The van der Waals surface area contributed by atoms with E-state index < -0.39 is 0 Å². The Morgan fingerprint density at radius 1 is 1.37 bits per heavy atom. The molecular weight excluding hydrogens is 280 g/mol. The molecule has 0 atom stereocenters. The molecule has 7 heteroatoms. The van der Waals surface area contributed by atoms with Crippen LogP contribution in [0.5, 0.6) is 0 Å². The first-order chi connectivity index (χ1) is 9.13. The van der Waals surface area contributed by atoms with Gasteiger partial charge in [0.25, 0.3) is 0 Å². The van der Waals surface area contributed by atoms with E-state index in [1.54, 1.807) is 17.4 Å². The van der Waals surface area contributed by atoms with Crippen LogP contribution in [0, 0.1) is 0 Å². The van der Waals surface area contributed by atoms with E-state index in [0.717, 1.165) is 8.91 Å². The van der Waals surface area contributed by atoms with Gasteiger partial charge in [0.2, 0.25) is 5.96 Å². The van der Waals surface area contributed by atoms with Crippen LogP contribution in [-0.2, 0) is 0 Å². The molecule has 0 saturated carbocycles. The first-order valence-corrected chi connectivity index (χ1v) is 7.39. The van der Waals surface area contributed by atoms with Crippen LogP contribution in [0.1, 0.15) is 5.56 Å². The summed E-state index contributed by atoms with van der Waals surface area (Å²) >= 11 is 3.05. The molecule has 2 rings (SSSR count). The molecule has 0 unspecified atom stereocenters. The SMILES string of the molecule is CSc1sc2ccccc2c(=O)c1/C=N/N=C(N)N. The van der Waals surface area contributed by atoms with Crippen molar-refractivity contribution in [1.29, 1.82) is 0 Å². The average Bonchev–Trinajstić information content (AvgIpc) is 2.40. The fourth-order valence-electron chi connectivity index (χ4n) is 1.55. The largest absolute Gasteiger partial charge is 0.369 e. The number of rotatable bonds is 3. The molecule has 5 nitrogen and oxygen atoms in total. The summed E-state index contributed by atoms with van der Waals surface area (Å²) in [5.74, 6) is -0.140. The van der Waals surface area contributed by atoms with Gasteiger partial charge >= 0.3 is 0 Å². The first kappa shape index (κ1) is 13.6. The Morgan fingerprint density at radius 3 is 2.79 bits per heavy atom. The summed E-state index contributed by atoms with van der Waals surface area (Å²) in [4.78, 5) is 12.4. The molecular formula is C12H12N4OS2. The van der Waals surface area contributed by atoms with Crippen LogP contribution in [-0.4, -0.2) is 18.4 Å². The van der Waals surface area contributed by atoms with Gasteiger partial charge in [0.15, 0.2) is 5.43 Å². The molecule has 0 bridgehead atoms. The van der Waals surface area contributed by atoms with Gasteiger partial charge in [-0.2, -0.15) is 5.10 Å². The van der Waals surface area contributed by atoms with Crippen LogP contribution in [0.25, 0.3) is 10.1 Å². The van der Waals surface area contributed by atoms with Gasteiger partial charge in [-0.3, -0.25) is 4.79 Å². The highest BCUT2D eigenvalue weighted by molar-refractivity contribution is 8.00. The number of nitrogens with two attached hydrogens (primary N) is 2. The smallest absolute Gasteiger partial charge is 0.211 e. The summed E-state index contributed by atoms with van der Waals surface area (Å²) in [5.41, 5.74) is 10.8. The maximum absolute atomic E-state index is 12.4. The number of nitrogens with zero attached hydrogens (tertiary/aromatic N) is 2. The minimum absolute atomic E-state index is 0.0618. The number of thioether (sulfide) groups is 1. The molecule has 2 aromatic rings. The Kier molecular flexibility index (Phi) is 4.18. The molecule has 0 saturated heterocycles. The van der Waals surface area contributed by atoms with Gasteiger partial charge in [-0.1, -0.05) is 12.1 Å². The topological polar surface area (TPSA) is 93.8 Å². The third-order valence-corrected chi connectivity index (χ3v) is 4.67. The second kappa shape index (κ2) is 5.85. The molecule has 0 spiro atoms. The Bertz CT molecular complexity index is 717. The Labute approximate surface area is 118 Å². The van der Waals surface area contributed by atoms with Crippen molar-refractivity contribution in [2.45, 2.75) is 4.21 Å². The van der Waals surface area contributed by atoms with Gasteiger partial charge < -0.3 is 11.5 Å². The van der Waals surface area contributed by atoms with Crippen molar-refractivity contribution >= 4 is 45.4 Å². The highest BCUT2D eigenvalue weighted by atomic mass is 32.2. The lowest BCUT2D eigenvalue weighted by Gasteiger charge is -2.03. The third kappa shape index (κ3) is 2.94. The summed E-state index contributed by atoms with van der Waals surface area (Å²) in [6.07, 6.45) is 3.31. The third-order valence-electron chi connectivity index (χ3n) is 2.34. The molecule has 0 radical (unpaired) electrons. The summed E-state index contributed by atoms with van der Waals surface area (Å²) in [6, 6.07) is 7.48. The fraction of sp³-hybridized carbons (Fsp3) is 0.0833. The van der Waals surface area contributed by atoms with Gasteiger partial charge in [0.05, 0.1) is 16.0 Å². The monoisotopic (exact) mass is 292 g/mol. The van der Waals surface area contributed by atoms with E-state index in [0.29, 0.717) is 10.9 Å². The van der Waals surface area contributed by atoms with Crippen molar-refractivity contribution in [2.75, 3.05) is 6.26 Å². The highest BCUT2D eigenvalue weighted by Gasteiger charge is 2.09. The maximum Gasteiger partial charge on any atom is 0.211 e. The zero-order chi connectivity index (χ0) is 13.8. The van der Waals surface area contributed by atoms with Gasteiger partial charge in [-0.15, -0.1) is 28.2 Å². The number of benzene rings is 1. The van der Waals surface area contributed by atoms with Crippen molar-refractivity contribution < 1.29 is 0 Å². The fourth-order valence-corrected chi connectivity index (χ4v) is 3.39. The molecule has 1 aromatic heterocycles. The maximum atomic E-state index is 12.4. The lowest BCUT2D eigenvalue weighted by atomic mass is 10.2. The molecule has 0 fully saturated rings. The van der Waals surface area contributed by atoms with Crippen LogP contribution in [0.4, 0.5) is 0 Å². The Morgan fingerprint density at radius 2 is 2.11 bits per heavy atom. The van der Waals surface area contributed by atoms with E-state index in [1.165, 1.54) is 18.0 Å². The average molecular weight is 292 g/mol. The predicted molar refractivity (Wildman–Crippen MR) is 83.3 cm³/mol. The summed E-state index contributed by atoms with van der Waals surface area (Å²) in [7, 11) is 0. The Hall–Kier alpha value is -1.86. The number of hydrogen-bond donors (Lipinski definition) is 2. The van der Waals surface area contributed by atoms with Crippen molar-refractivity contribution in [3.63, 3.8) is 0 Å². The minimum atomic E-state index is -0.140. The van der Waals surface area contributed by atoms with Crippen LogP contribution in [0.2, 0.25) is 0 Å². The lowest BCUT2D eigenvalue weighted by Crippen LogP contribution is -2.21. The van der Waals surface area contributed by atoms with E-state index in [9.17, 15) is 4.79 Å². The predicted octanol–water partition coefficient (Wildman–Crippen LogP) is 1.59. The second-order valence-corrected chi connectivity index (χ2v) is 5.73. The summed E-state index contributed by atoms with van der Waals surface area (Å²) in [5, 5.41) is 7.92. The molecule has 0 amide bonds. The van der Waals surface area contributed by atoms with Crippen molar-refractivity contribution in [3.05, 3.63) is 40.1 Å². The normalized spacial score (nSPS) is 11.0. The van der Waals surface area contributed by atoms with Crippen LogP contribution in [0.3, 0.4) is 0 Å². The molecule has 0 aliphatic carbocycles. The molecule has 19 heavy (non-hydrogen) atoms. The quantitative estimate of drug-likeness (QED) is 0.389. The van der Waals surface area contributed by atoms with Crippen LogP contribution < -0.4 is 16.9 Å². The van der Waals surface area contributed by atoms with Gasteiger partial charge in [0.1, 0.15) is 0 Å². The van der Waals surface area contributed by atoms with E-state index >= 15 is 0 Å². The minimum Gasteiger partial charge on any atom is -0.369 e. The number of hydrogen-bond acceptors (Lipinski definition) is 5. The molecule has 98 valence electrons. The van der Waals surface area contributed by atoms with Crippen molar-refractivity contribution in [2.24, 2.45) is 21.7 Å². The van der Waals surface area contributed by atoms with Crippen LogP contribution >= 0.6 is 23.1 Å². The van der Waals surface area contributed by atoms with Crippen molar-refractivity contribution in [1.82, 2.24) is 0 Å². The standard InChI is InChI=1S/C12H12N4OS2/c1-18-11-8(6-15-16-12(13)14)10(17)7-4-2-3-5-9(7)19-11/h2-6H,1H3,(H4,13,14,16)/b15-6+. The summed E-state index contributed by atoms with van der Waals surface area (Å²) < 4.78 is 1.84. The van der Waals surface area contributed by atoms with Crippen LogP contribution in [0.15, 0.2) is 43.5 Å². The van der Waals surface area contributed by atoms with E-state index in [1.807, 2.05) is 24.5 Å². The second-order valence-electron chi connectivity index (χ2n) is 3.60. The zero-order valence-corrected chi connectivity index (χ0v) is 11.8. The molecule has 0 aliphatic heterocycles. The molecule has 0 aliphatic rings. The van der Waals surface area contributed by atoms with Gasteiger partial charge in [-0.25, -0.2) is 0 Å². The van der Waals surface area contributed by atoms with E-state index in [2.05, 4.69) is 10.2 Å².